The Bertz CT molecular complexity index is 602. The van der Waals surface area contributed by atoms with E-state index in [4.69, 9.17) is 25.8 Å². The SMILES string of the molecule is COc1ccc(Cl)cc1NC=C1OC(=O)C(C)(C)C(=O)O1. The van der Waals surface area contributed by atoms with Crippen molar-refractivity contribution in [3.8, 4) is 5.75 Å². The number of carbonyl (C=O) groups is 2. The lowest BCUT2D eigenvalue weighted by Gasteiger charge is -2.26. The van der Waals surface area contributed by atoms with Gasteiger partial charge in [-0.2, -0.15) is 0 Å². The summed E-state index contributed by atoms with van der Waals surface area (Å²) in [6, 6.07) is 4.96. The van der Waals surface area contributed by atoms with Crippen LogP contribution in [0.2, 0.25) is 5.02 Å². The number of rotatable bonds is 3. The van der Waals surface area contributed by atoms with Crippen LogP contribution in [0.4, 0.5) is 5.69 Å². The first-order chi connectivity index (χ1) is 9.84. The Balaban J connectivity index is 2.18. The zero-order valence-corrected chi connectivity index (χ0v) is 12.5. The highest BCUT2D eigenvalue weighted by Crippen LogP contribution is 2.30. The molecule has 7 heteroatoms. The third-order valence-electron chi connectivity index (χ3n) is 2.91. The van der Waals surface area contributed by atoms with Gasteiger partial charge in [0.15, 0.2) is 5.41 Å². The molecule has 1 aliphatic heterocycles. The average molecular weight is 312 g/mol. The number of esters is 2. The number of carbonyl (C=O) groups excluding carboxylic acids is 2. The summed E-state index contributed by atoms with van der Waals surface area (Å²) in [6.07, 6.45) is 1.25. The van der Waals surface area contributed by atoms with Gasteiger partial charge in [0.1, 0.15) is 5.75 Å². The summed E-state index contributed by atoms with van der Waals surface area (Å²) in [6.45, 7) is 2.86. The third kappa shape index (κ3) is 3.11. The van der Waals surface area contributed by atoms with Crippen LogP contribution in [0.1, 0.15) is 13.8 Å². The van der Waals surface area contributed by atoms with Crippen molar-refractivity contribution >= 4 is 29.2 Å². The summed E-state index contributed by atoms with van der Waals surface area (Å²) in [4.78, 5) is 23.4. The fourth-order valence-electron chi connectivity index (χ4n) is 1.53. The third-order valence-corrected chi connectivity index (χ3v) is 3.15. The Kier molecular flexibility index (Phi) is 4.09. The topological polar surface area (TPSA) is 73.9 Å². The molecule has 6 nitrogen and oxygen atoms in total. The van der Waals surface area contributed by atoms with Crippen molar-refractivity contribution in [1.29, 1.82) is 0 Å². The number of hydrogen-bond donors (Lipinski definition) is 1. The molecule has 2 rings (SSSR count). The molecule has 1 aromatic rings. The van der Waals surface area contributed by atoms with Gasteiger partial charge >= 0.3 is 17.9 Å². The van der Waals surface area contributed by atoms with Crippen molar-refractivity contribution in [2.24, 2.45) is 5.41 Å². The van der Waals surface area contributed by atoms with E-state index in [1.54, 1.807) is 18.2 Å². The highest BCUT2D eigenvalue weighted by molar-refractivity contribution is 6.30. The maximum atomic E-state index is 11.7. The number of halogens is 1. The molecule has 1 heterocycles. The molecule has 0 radical (unpaired) electrons. The van der Waals surface area contributed by atoms with Gasteiger partial charge in [-0.15, -0.1) is 0 Å². The Morgan fingerprint density at radius 2 is 1.86 bits per heavy atom. The summed E-state index contributed by atoms with van der Waals surface area (Å²) in [5.74, 6) is -1.05. The minimum atomic E-state index is -1.31. The predicted molar refractivity (Wildman–Crippen MR) is 75.7 cm³/mol. The lowest BCUT2D eigenvalue weighted by molar-refractivity contribution is -0.183. The van der Waals surface area contributed by atoms with Gasteiger partial charge in [0.25, 0.3) is 0 Å². The standard InChI is InChI=1S/C14H14ClNO5/c1-14(2)12(17)20-11(21-13(14)18)7-16-9-6-8(15)4-5-10(9)19-3/h4-7,16H,1-3H3. The van der Waals surface area contributed by atoms with E-state index in [0.717, 1.165) is 0 Å². The maximum Gasteiger partial charge on any atom is 0.330 e. The van der Waals surface area contributed by atoms with Crippen LogP contribution >= 0.6 is 11.6 Å². The van der Waals surface area contributed by atoms with E-state index >= 15 is 0 Å². The van der Waals surface area contributed by atoms with Crippen molar-refractivity contribution in [2.75, 3.05) is 12.4 Å². The van der Waals surface area contributed by atoms with E-state index in [0.29, 0.717) is 16.5 Å². The molecule has 0 saturated carbocycles. The smallest absolute Gasteiger partial charge is 0.330 e. The van der Waals surface area contributed by atoms with Crippen LogP contribution < -0.4 is 10.1 Å². The van der Waals surface area contributed by atoms with Gasteiger partial charge in [-0.05, 0) is 32.0 Å². The number of cyclic esters (lactones) is 2. The number of nitrogens with one attached hydrogen (secondary N) is 1. The van der Waals surface area contributed by atoms with Gasteiger partial charge in [-0.25, -0.2) is 0 Å². The van der Waals surface area contributed by atoms with Crippen LogP contribution in [0.5, 0.6) is 5.75 Å². The fraction of sp³-hybridized carbons (Fsp3) is 0.286. The second-order valence-electron chi connectivity index (χ2n) is 4.86. The Hall–Kier alpha value is -2.21. The van der Waals surface area contributed by atoms with Crippen LogP contribution in [-0.4, -0.2) is 19.0 Å². The summed E-state index contributed by atoms with van der Waals surface area (Å²) in [5, 5.41) is 3.31. The zero-order chi connectivity index (χ0) is 15.6. The molecule has 0 amide bonds. The summed E-state index contributed by atoms with van der Waals surface area (Å²) in [5.41, 5.74) is -0.778. The second kappa shape index (κ2) is 5.65. The lowest BCUT2D eigenvalue weighted by atomic mass is 9.93. The van der Waals surface area contributed by atoms with Gasteiger partial charge < -0.3 is 19.5 Å². The Labute approximate surface area is 126 Å². The molecule has 1 N–H and O–H groups in total. The molecular weight excluding hydrogens is 298 g/mol. The van der Waals surface area contributed by atoms with Crippen LogP contribution in [0, 0.1) is 5.41 Å². The molecule has 112 valence electrons. The fourth-order valence-corrected chi connectivity index (χ4v) is 1.70. The molecule has 1 saturated heterocycles. The van der Waals surface area contributed by atoms with Crippen molar-refractivity contribution in [1.82, 2.24) is 0 Å². The van der Waals surface area contributed by atoms with Gasteiger partial charge in [-0.1, -0.05) is 11.6 Å². The minimum absolute atomic E-state index is 0.230. The Morgan fingerprint density at radius 1 is 1.24 bits per heavy atom. The summed E-state index contributed by atoms with van der Waals surface area (Å²) >= 11 is 5.89. The van der Waals surface area contributed by atoms with Crippen LogP contribution in [0.25, 0.3) is 0 Å². The quantitative estimate of drug-likeness (QED) is 0.683. The normalized spacial score (nSPS) is 16.9. The molecule has 21 heavy (non-hydrogen) atoms. The molecule has 1 aromatic carbocycles. The average Bonchev–Trinajstić information content (AvgIpc) is 2.43. The van der Waals surface area contributed by atoms with Crippen molar-refractivity contribution in [2.45, 2.75) is 13.8 Å². The number of benzene rings is 1. The van der Waals surface area contributed by atoms with Gasteiger partial charge in [0.2, 0.25) is 0 Å². The van der Waals surface area contributed by atoms with Crippen molar-refractivity contribution in [3.05, 3.63) is 35.4 Å². The number of ether oxygens (including phenoxy) is 3. The molecule has 0 atom stereocenters. The predicted octanol–water partition coefficient (Wildman–Crippen LogP) is 2.69. The first kappa shape index (κ1) is 15.2. The van der Waals surface area contributed by atoms with Crippen molar-refractivity contribution < 1.29 is 23.8 Å². The second-order valence-corrected chi connectivity index (χ2v) is 5.29. The van der Waals surface area contributed by atoms with E-state index in [1.807, 2.05) is 0 Å². The first-order valence-electron chi connectivity index (χ1n) is 6.09. The van der Waals surface area contributed by atoms with E-state index in [1.165, 1.54) is 27.2 Å². The lowest BCUT2D eigenvalue weighted by Crippen LogP contribution is -2.41. The molecule has 0 unspecified atom stereocenters. The Morgan fingerprint density at radius 3 is 2.43 bits per heavy atom. The van der Waals surface area contributed by atoms with E-state index in [-0.39, 0.29) is 5.95 Å². The van der Waals surface area contributed by atoms with E-state index < -0.39 is 17.4 Å². The highest BCUT2D eigenvalue weighted by atomic mass is 35.5. The molecule has 0 bridgehead atoms. The van der Waals surface area contributed by atoms with Crippen LogP contribution in [0.15, 0.2) is 30.3 Å². The minimum Gasteiger partial charge on any atom is -0.495 e. The largest absolute Gasteiger partial charge is 0.495 e. The summed E-state index contributed by atoms with van der Waals surface area (Å²) in [7, 11) is 1.50. The summed E-state index contributed by atoms with van der Waals surface area (Å²) < 4.78 is 15.0. The molecule has 0 aliphatic carbocycles. The van der Waals surface area contributed by atoms with E-state index in [9.17, 15) is 9.59 Å². The maximum absolute atomic E-state index is 11.7. The zero-order valence-electron chi connectivity index (χ0n) is 11.7. The van der Waals surface area contributed by atoms with E-state index in [2.05, 4.69) is 5.32 Å². The molecule has 1 aliphatic rings. The van der Waals surface area contributed by atoms with Gasteiger partial charge in [0.05, 0.1) is 19.0 Å². The number of anilines is 1. The van der Waals surface area contributed by atoms with Crippen LogP contribution in [-0.2, 0) is 19.1 Å². The van der Waals surface area contributed by atoms with Gasteiger partial charge in [0, 0.05) is 5.02 Å². The molecular formula is C14H14ClNO5. The molecule has 0 spiro atoms. The monoisotopic (exact) mass is 311 g/mol. The number of methoxy groups -OCH3 is 1. The molecule has 0 aromatic heterocycles. The van der Waals surface area contributed by atoms with Gasteiger partial charge in [-0.3, -0.25) is 9.59 Å². The molecule has 1 fully saturated rings. The highest BCUT2D eigenvalue weighted by Gasteiger charge is 2.45. The first-order valence-corrected chi connectivity index (χ1v) is 6.47. The van der Waals surface area contributed by atoms with Crippen molar-refractivity contribution in [3.63, 3.8) is 0 Å². The number of hydrogen-bond acceptors (Lipinski definition) is 6. The van der Waals surface area contributed by atoms with Crippen LogP contribution in [0.3, 0.4) is 0 Å².